The first-order valence-electron chi connectivity index (χ1n) is 15.3. The molecule has 1 amide bonds. The fourth-order valence-corrected chi connectivity index (χ4v) is 7.05. The SMILES string of the molecule is CC1=C(C(=O)Nc2ccccc2)[C@H](c2ccc(C(C)C)cc2)n2c(s/c(=C/c3ccc(OCc4ccc(C(=O)O)cc4)c(Br)c3)c2=O)=N1. The summed E-state index contributed by atoms with van der Waals surface area (Å²) in [6.45, 7) is 6.32. The Morgan fingerprint density at radius 1 is 1.02 bits per heavy atom. The molecule has 1 atom stereocenters. The Balaban J connectivity index is 1.34. The summed E-state index contributed by atoms with van der Waals surface area (Å²) in [7, 11) is 0. The predicted octanol–water partition coefficient (Wildman–Crippen LogP) is 7.04. The highest BCUT2D eigenvalue weighted by molar-refractivity contribution is 9.10. The first-order chi connectivity index (χ1) is 23.1. The van der Waals surface area contributed by atoms with Crippen LogP contribution in [0.4, 0.5) is 5.69 Å². The van der Waals surface area contributed by atoms with Gasteiger partial charge >= 0.3 is 5.97 Å². The van der Waals surface area contributed by atoms with E-state index in [2.05, 4.69) is 35.1 Å². The number of carboxylic acids is 1. The number of aromatic nitrogens is 1. The molecule has 2 N–H and O–H groups in total. The predicted molar refractivity (Wildman–Crippen MR) is 191 cm³/mol. The van der Waals surface area contributed by atoms with Gasteiger partial charge in [-0.3, -0.25) is 14.2 Å². The van der Waals surface area contributed by atoms with E-state index < -0.39 is 12.0 Å². The van der Waals surface area contributed by atoms with Crippen LogP contribution in [-0.2, 0) is 11.4 Å². The van der Waals surface area contributed by atoms with Crippen LogP contribution in [0.2, 0.25) is 0 Å². The molecule has 1 aliphatic heterocycles. The van der Waals surface area contributed by atoms with Crippen molar-refractivity contribution in [1.29, 1.82) is 0 Å². The highest BCUT2D eigenvalue weighted by Crippen LogP contribution is 2.32. The first kappa shape index (κ1) is 32.9. The number of hydrogen-bond acceptors (Lipinski definition) is 6. The maximum absolute atomic E-state index is 14.1. The van der Waals surface area contributed by atoms with E-state index in [9.17, 15) is 14.4 Å². The molecule has 0 fully saturated rings. The van der Waals surface area contributed by atoms with Crippen molar-refractivity contribution in [3.8, 4) is 5.75 Å². The highest BCUT2D eigenvalue weighted by Gasteiger charge is 2.32. The van der Waals surface area contributed by atoms with E-state index in [0.29, 0.717) is 42.4 Å². The summed E-state index contributed by atoms with van der Waals surface area (Å²) < 4.78 is 8.76. The number of carbonyl (C=O) groups is 2. The Hall–Kier alpha value is -5.06. The number of carboxylic acid groups (broad SMARTS) is 1. The van der Waals surface area contributed by atoms with Gasteiger partial charge in [0.15, 0.2) is 4.80 Å². The normalized spacial score (nSPS) is 14.4. The molecule has 5 aromatic rings. The Kier molecular flexibility index (Phi) is 9.56. The third-order valence-electron chi connectivity index (χ3n) is 8.07. The number of ether oxygens (including phenoxy) is 1. The highest BCUT2D eigenvalue weighted by atomic mass is 79.9. The van der Waals surface area contributed by atoms with Crippen LogP contribution in [0.15, 0.2) is 123 Å². The second-order valence-corrected chi connectivity index (χ2v) is 13.6. The number of para-hydroxylation sites is 1. The fourth-order valence-electron chi connectivity index (χ4n) is 5.49. The zero-order valence-electron chi connectivity index (χ0n) is 26.4. The van der Waals surface area contributed by atoms with Crippen molar-refractivity contribution >= 4 is 50.9 Å². The maximum atomic E-state index is 14.1. The number of allylic oxidation sites excluding steroid dienone is 1. The van der Waals surface area contributed by atoms with Crippen LogP contribution >= 0.6 is 27.3 Å². The lowest BCUT2D eigenvalue weighted by molar-refractivity contribution is -0.113. The molecule has 242 valence electrons. The molecule has 0 aliphatic carbocycles. The quantitative estimate of drug-likeness (QED) is 0.170. The number of aromatic carboxylic acids is 1. The largest absolute Gasteiger partial charge is 0.488 e. The molecule has 0 saturated heterocycles. The molecular formula is C38H32BrN3O5S. The van der Waals surface area contributed by atoms with Crippen LogP contribution in [0, 0.1) is 0 Å². The molecule has 2 heterocycles. The van der Waals surface area contributed by atoms with Crippen molar-refractivity contribution in [2.24, 2.45) is 4.99 Å². The molecular weight excluding hydrogens is 690 g/mol. The number of halogens is 1. The van der Waals surface area contributed by atoms with Gasteiger partial charge in [0.2, 0.25) is 0 Å². The molecule has 48 heavy (non-hydrogen) atoms. The molecule has 1 aliphatic rings. The van der Waals surface area contributed by atoms with Crippen LogP contribution in [0.25, 0.3) is 6.08 Å². The minimum atomic E-state index is -0.979. The number of thiazole rings is 1. The van der Waals surface area contributed by atoms with Crippen molar-refractivity contribution < 1.29 is 19.4 Å². The third kappa shape index (κ3) is 6.95. The van der Waals surface area contributed by atoms with Gasteiger partial charge in [-0.05, 0) is 93.5 Å². The second-order valence-electron chi connectivity index (χ2n) is 11.7. The van der Waals surface area contributed by atoms with Gasteiger partial charge in [-0.1, -0.05) is 85.8 Å². The number of amides is 1. The van der Waals surface area contributed by atoms with Crippen molar-refractivity contribution in [3.63, 3.8) is 0 Å². The van der Waals surface area contributed by atoms with Crippen molar-refractivity contribution in [3.05, 3.63) is 160 Å². The summed E-state index contributed by atoms with van der Waals surface area (Å²) in [5.41, 5.74) is 5.19. The average molecular weight is 723 g/mol. The molecule has 0 radical (unpaired) electrons. The van der Waals surface area contributed by atoms with Crippen LogP contribution in [0.5, 0.6) is 5.75 Å². The molecule has 4 aromatic carbocycles. The molecule has 0 bridgehead atoms. The number of benzene rings is 4. The molecule has 1 aromatic heterocycles. The molecule has 0 saturated carbocycles. The first-order valence-corrected chi connectivity index (χ1v) is 16.9. The Morgan fingerprint density at radius 3 is 2.38 bits per heavy atom. The monoisotopic (exact) mass is 721 g/mol. The van der Waals surface area contributed by atoms with E-state index >= 15 is 0 Å². The number of hydrogen-bond donors (Lipinski definition) is 2. The van der Waals surface area contributed by atoms with Crippen LogP contribution < -0.4 is 24.9 Å². The molecule has 0 spiro atoms. The lowest BCUT2D eigenvalue weighted by Gasteiger charge is -2.25. The summed E-state index contributed by atoms with van der Waals surface area (Å²) in [4.78, 5) is 44.4. The standard InChI is InChI=1S/C38H32BrN3O5S/c1-22(2)26-14-16-27(17-15-26)34-33(35(43)41-29-7-5-4-6-8-29)23(3)40-38-42(34)36(44)32(48-38)20-25-11-18-31(30(39)19-25)47-21-24-9-12-28(13-10-24)37(45)46/h4-20,22,34H,21H2,1-3H3,(H,41,43)(H,45,46)/b32-20+/t34-/m0/s1. The van der Waals surface area contributed by atoms with E-state index in [1.165, 1.54) is 11.3 Å². The summed E-state index contributed by atoms with van der Waals surface area (Å²) in [5, 5.41) is 12.1. The van der Waals surface area contributed by atoms with Gasteiger partial charge in [-0.15, -0.1) is 0 Å². The van der Waals surface area contributed by atoms with Gasteiger partial charge in [-0.25, -0.2) is 9.79 Å². The number of rotatable bonds is 9. The van der Waals surface area contributed by atoms with Crippen LogP contribution in [-0.4, -0.2) is 21.6 Å². The minimum absolute atomic E-state index is 0.215. The molecule has 8 nitrogen and oxygen atoms in total. The zero-order valence-corrected chi connectivity index (χ0v) is 28.8. The van der Waals surface area contributed by atoms with E-state index in [1.807, 2.05) is 85.8 Å². The Morgan fingerprint density at radius 2 is 1.73 bits per heavy atom. The van der Waals surface area contributed by atoms with Crippen molar-refractivity contribution in [2.75, 3.05) is 5.32 Å². The van der Waals surface area contributed by atoms with Gasteiger partial charge < -0.3 is 15.2 Å². The summed E-state index contributed by atoms with van der Waals surface area (Å²) in [6, 6.07) is 28.7. The van der Waals surface area contributed by atoms with E-state index in [-0.39, 0.29) is 23.6 Å². The number of carbonyl (C=O) groups excluding carboxylic acids is 1. The number of nitrogens with one attached hydrogen (secondary N) is 1. The Labute approximate surface area is 289 Å². The molecule has 6 rings (SSSR count). The van der Waals surface area contributed by atoms with Gasteiger partial charge in [0.1, 0.15) is 12.4 Å². The maximum Gasteiger partial charge on any atom is 0.335 e. The lowest BCUT2D eigenvalue weighted by Crippen LogP contribution is -2.40. The van der Waals surface area contributed by atoms with Gasteiger partial charge in [-0.2, -0.15) is 0 Å². The summed E-state index contributed by atoms with van der Waals surface area (Å²) >= 11 is 4.86. The number of fused-ring (bicyclic) bond motifs is 1. The number of anilines is 1. The van der Waals surface area contributed by atoms with Gasteiger partial charge in [0.05, 0.1) is 31.9 Å². The van der Waals surface area contributed by atoms with Crippen LogP contribution in [0.1, 0.15) is 65.3 Å². The zero-order chi connectivity index (χ0) is 33.9. The fraction of sp³-hybridized carbons (Fsp3) is 0.158. The van der Waals surface area contributed by atoms with Crippen molar-refractivity contribution in [1.82, 2.24) is 4.57 Å². The van der Waals surface area contributed by atoms with E-state index in [1.54, 1.807) is 28.8 Å². The van der Waals surface area contributed by atoms with E-state index in [0.717, 1.165) is 22.3 Å². The van der Waals surface area contributed by atoms with E-state index in [4.69, 9.17) is 14.8 Å². The van der Waals surface area contributed by atoms with Crippen molar-refractivity contribution in [2.45, 2.75) is 39.3 Å². The smallest absolute Gasteiger partial charge is 0.335 e. The number of nitrogens with zero attached hydrogens (tertiary/aromatic N) is 2. The molecule has 10 heteroatoms. The average Bonchev–Trinajstić information content (AvgIpc) is 3.37. The third-order valence-corrected chi connectivity index (χ3v) is 9.67. The second kappa shape index (κ2) is 14.0. The molecule has 0 unspecified atom stereocenters. The van der Waals surface area contributed by atoms with Gasteiger partial charge in [0, 0.05) is 5.69 Å². The summed E-state index contributed by atoms with van der Waals surface area (Å²) in [5.74, 6) is -0.355. The minimum Gasteiger partial charge on any atom is -0.488 e. The topological polar surface area (TPSA) is 110 Å². The van der Waals surface area contributed by atoms with Crippen LogP contribution in [0.3, 0.4) is 0 Å². The van der Waals surface area contributed by atoms with Gasteiger partial charge in [0.25, 0.3) is 11.5 Å². The lowest BCUT2D eigenvalue weighted by atomic mass is 9.93. The summed E-state index contributed by atoms with van der Waals surface area (Å²) in [6.07, 6.45) is 1.81. The Bertz CT molecular complexity index is 2220.